The second-order valence-electron chi connectivity index (χ2n) is 4.39. The van der Waals surface area contributed by atoms with Gasteiger partial charge in [-0.2, -0.15) is 0 Å². The van der Waals surface area contributed by atoms with Crippen molar-refractivity contribution in [2.24, 2.45) is 0 Å². The number of alkyl halides is 1. The number of nitrogens with zero attached hydrogens (tertiary/aromatic N) is 4. The Morgan fingerprint density at radius 2 is 2.30 bits per heavy atom. The van der Waals surface area contributed by atoms with Crippen LogP contribution in [0.15, 0.2) is 6.33 Å². The fraction of sp³-hybridized carbons (Fsp3) is 0.545. The van der Waals surface area contributed by atoms with Crippen LogP contribution >= 0.6 is 22.6 Å². The Balaban J connectivity index is 0.00000147. The van der Waals surface area contributed by atoms with Crippen molar-refractivity contribution < 1.29 is 47.7 Å². The average molecular weight is 464 g/mol. The first-order valence-electron chi connectivity index (χ1n) is 5.79. The topological polar surface area (TPSA) is 93.3 Å². The van der Waals surface area contributed by atoms with E-state index in [1.54, 1.807) is 17.8 Å². The summed E-state index contributed by atoms with van der Waals surface area (Å²) < 4.78 is 7.14. The maximum Gasteiger partial charge on any atom is 0.153 e. The summed E-state index contributed by atoms with van der Waals surface area (Å²) in [6.45, 7) is 1.63. The summed E-state index contributed by atoms with van der Waals surface area (Å²) in [5, 5.41) is 19.4. The fourth-order valence-electron chi connectivity index (χ4n) is 2.13. The van der Waals surface area contributed by atoms with Gasteiger partial charge in [-0.25, -0.2) is 0 Å². The van der Waals surface area contributed by atoms with Gasteiger partial charge in [-0.1, -0.05) is 29.5 Å². The van der Waals surface area contributed by atoms with Gasteiger partial charge < -0.3 is 29.5 Å². The number of aliphatic hydroxyl groups excluding tert-OH is 2. The SMILES string of the molecule is Cc1n[c-]c2ncn([C@@H]3O[C@H](CO)[C@H](I)C3O)c2n1.[Y]. The van der Waals surface area contributed by atoms with E-state index >= 15 is 0 Å². The average Bonchev–Trinajstić information content (AvgIpc) is 2.92. The third-order valence-electron chi connectivity index (χ3n) is 3.10. The number of fused-ring (bicyclic) bond motifs is 1. The molecule has 0 aromatic carbocycles. The first-order chi connectivity index (χ1) is 9.11. The molecule has 7 nitrogen and oxygen atoms in total. The molecule has 2 aromatic heterocycles. The predicted octanol–water partition coefficient (Wildman–Crippen LogP) is -0.0134. The molecule has 3 heterocycles. The summed E-state index contributed by atoms with van der Waals surface area (Å²) in [7, 11) is 0. The third-order valence-corrected chi connectivity index (χ3v) is 4.64. The maximum atomic E-state index is 10.2. The van der Waals surface area contributed by atoms with Gasteiger partial charge in [0.15, 0.2) is 6.23 Å². The van der Waals surface area contributed by atoms with E-state index in [0.717, 1.165) is 0 Å². The first-order valence-corrected chi connectivity index (χ1v) is 7.03. The summed E-state index contributed by atoms with van der Waals surface area (Å²) in [5.74, 6) is 0.575. The normalized spacial score (nSPS) is 29.6. The van der Waals surface area contributed by atoms with Gasteiger partial charge in [-0.3, -0.25) is 4.98 Å². The summed E-state index contributed by atoms with van der Waals surface area (Å²) in [4.78, 5) is 12.4. The van der Waals surface area contributed by atoms with Crippen LogP contribution < -0.4 is 0 Å². The molecule has 2 N–H and O–H groups in total. The molecule has 1 aliphatic rings. The van der Waals surface area contributed by atoms with Crippen molar-refractivity contribution in [2.75, 3.05) is 6.61 Å². The van der Waals surface area contributed by atoms with E-state index in [9.17, 15) is 10.2 Å². The molecule has 20 heavy (non-hydrogen) atoms. The number of hydrogen-bond acceptors (Lipinski definition) is 6. The van der Waals surface area contributed by atoms with Crippen LogP contribution in [-0.2, 0) is 37.4 Å². The van der Waals surface area contributed by atoms with Crippen molar-refractivity contribution in [3.05, 3.63) is 18.3 Å². The van der Waals surface area contributed by atoms with E-state index in [0.29, 0.717) is 17.0 Å². The van der Waals surface area contributed by atoms with Crippen LogP contribution in [-0.4, -0.2) is 52.5 Å². The molecule has 4 atom stereocenters. The number of aliphatic hydroxyl groups is 2. The zero-order valence-electron chi connectivity index (χ0n) is 10.6. The Hall–Kier alpha value is 0.264. The largest absolute Gasteiger partial charge is 0.394 e. The van der Waals surface area contributed by atoms with Crippen molar-refractivity contribution in [3.8, 4) is 0 Å². The maximum absolute atomic E-state index is 10.2. The van der Waals surface area contributed by atoms with Crippen molar-refractivity contribution in [2.45, 2.75) is 29.3 Å². The number of imidazole rings is 1. The molecular formula is C11H12IN4O3Y-. The van der Waals surface area contributed by atoms with Crippen LogP contribution in [0.1, 0.15) is 12.1 Å². The Morgan fingerprint density at radius 3 is 2.95 bits per heavy atom. The van der Waals surface area contributed by atoms with E-state index in [1.165, 1.54) is 0 Å². The van der Waals surface area contributed by atoms with E-state index in [2.05, 4.69) is 43.7 Å². The molecule has 2 aromatic rings. The fourth-order valence-corrected chi connectivity index (χ4v) is 2.88. The second-order valence-corrected chi connectivity index (χ2v) is 5.83. The number of halogens is 1. The number of rotatable bonds is 2. The molecule has 3 rings (SSSR count). The minimum Gasteiger partial charge on any atom is -0.394 e. The number of ether oxygens (including phenoxy) is 1. The molecule has 1 fully saturated rings. The van der Waals surface area contributed by atoms with Gasteiger partial charge in [0.2, 0.25) is 0 Å². The smallest absolute Gasteiger partial charge is 0.153 e. The standard InChI is InChI=1S/C11H12IN4O3.Y/c1-5-13-2-6-10(15-5)16(4-14-6)11-9(18)8(12)7(3-17)19-11;/h4,7-9,11,17-18H,3H2,1H3;/q-1;/t7-,8+,9?,11-;/m1./s1. The van der Waals surface area contributed by atoms with Gasteiger partial charge in [-0.15, -0.1) is 0 Å². The second kappa shape index (κ2) is 6.57. The van der Waals surface area contributed by atoms with Gasteiger partial charge in [0, 0.05) is 44.1 Å². The van der Waals surface area contributed by atoms with Crippen LogP contribution in [0.3, 0.4) is 0 Å². The van der Waals surface area contributed by atoms with E-state index in [-0.39, 0.29) is 43.2 Å². The molecule has 1 unspecified atom stereocenters. The molecule has 1 aliphatic heterocycles. The minimum absolute atomic E-state index is 0. The van der Waals surface area contributed by atoms with Crippen molar-refractivity contribution in [3.63, 3.8) is 0 Å². The summed E-state index contributed by atoms with van der Waals surface area (Å²) in [6, 6.07) is 0. The van der Waals surface area contributed by atoms with E-state index in [1.807, 2.05) is 0 Å². The molecule has 1 saturated heterocycles. The van der Waals surface area contributed by atoms with Crippen LogP contribution in [0.2, 0.25) is 0 Å². The van der Waals surface area contributed by atoms with Crippen LogP contribution in [0, 0.1) is 13.1 Å². The van der Waals surface area contributed by atoms with Crippen LogP contribution in [0.25, 0.3) is 11.2 Å². The number of aryl methyl sites for hydroxylation is 1. The molecule has 0 spiro atoms. The third kappa shape index (κ3) is 2.78. The molecule has 1 radical (unpaired) electrons. The van der Waals surface area contributed by atoms with Crippen LogP contribution in [0.4, 0.5) is 0 Å². The summed E-state index contributed by atoms with van der Waals surface area (Å²) >= 11 is 2.08. The number of aromatic nitrogens is 4. The number of hydrogen-bond donors (Lipinski definition) is 2. The predicted molar refractivity (Wildman–Crippen MR) is 73.7 cm³/mol. The Morgan fingerprint density at radius 1 is 1.55 bits per heavy atom. The molecule has 0 bridgehead atoms. The first kappa shape index (κ1) is 16.6. The summed E-state index contributed by atoms with van der Waals surface area (Å²) in [5.41, 5.74) is 1.09. The molecule has 0 saturated carbocycles. The van der Waals surface area contributed by atoms with Crippen molar-refractivity contribution in [1.82, 2.24) is 19.5 Å². The van der Waals surface area contributed by atoms with E-state index in [4.69, 9.17) is 4.74 Å². The van der Waals surface area contributed by atoms with Gasteiger partial charge >= 0.3 is 0 Å². The van der Waals surface area contributed by atoms with Gasteiger partial charge in [0.05, 0.1) is 28.6 Å². The zero-order valence-corrected chi connectivity index (χ0v) is 15.6. The Kier molecular flexibility index (Phi) is 5.47. The van der Waals surface area contributed by atoms with Gasteiger partial charge in [-0.05, 0) is 6.20 Å². The molecule has 105 valence electrons. The molecule has 9 heteroatoms. The quantitative estimate of drug-likeness (QED) is 0.369. The monoisotopic (exact) mass is 464 g/mol. The molecule has 0 amide bonds. The van der Waals surface area contributed by atoms with Crippen molar-refractivity contribution in [1.29, 1.82) is 0 Å². The zero-order chi connectivity index (χ0) is 13.6. The van der Waals surface area contributed by atoms with Gasteiger partial charge in [0.25, 0.3) is 0 Å². The Bertz CT molecular complexity index is 610. The van der Waals surface area contributed by atoms with Crippen LogP contribution in [0.5, 0.6) is 0 Å². The molecular weight excluding hydrogens is 452 g/mol. The van der Waals surface area contributed by atoms with Gasteiger partial charge in [0.1, 0.15) is 6.10 Å². The summed E-state index contributed by atoms with van der Waals surface area (Å²) in [6.07, 6.45) is 2.60. The van der Waals surface area contributed by atoms with Crippen molar-refractivity contribution >= 4 is 33.8 Å². The Labute approximate surface area is 154 Å². The van der Waals surface area contributed by atoms with E-state index < -0.39 is 18.4 Å². The minimum atomic E-state index is -0.731. The molecule has 0 aliphatic carbocycles.